The number of benzene rings is 1. The van der Waals surface area contributed by atoms with E-state index in [-0.39, 0.29) is 24.0 Å². The zero-order valence-electron chi connectivity index (χ0n) is 17.1. The molecule has 3 rings (SSSR count). The Kier molecular flexibility index (Phi) is 8.35. The minimum Gasteiger partial charge on any atom is -0.369 e. The zero-order chi connectivity index (χ0) is 19.2. The van der Waals surface area contributed by atoms with Crippen LogP contribution < -0.4 is 20.4 Å². The molecule has 0 saturated carbocycles. The van der Waals surface area contributed by atoms with Crippen molar-refractivity contribution in [3.05, 3.63) is 53.7 Å². The lowest BCUT2D eigenvalue weighted by Crippen LogP contribution is -2.44. The molecule has 0 radical (unpaired) electrons. The van der Waals surface area contributed by atoms with Gasteiger partial charge in [-0.2, -0.15) is 0 Å². The van der Waals surface area contributed by atoms with Crippen molar-refractivity contribution in [2.24, 2.45) is 4.99 Å². The summed E-state index contributed by atoms with van der Waals surface area (Å²) in [6, 6.07) is 13.2. The quantitative estimate of drug-likeness (QED) is 0.381. The Labute approximate surface area is 185 Å². The molecule has 1 saturated heterocycles. The Balaban J connectivity index is 0.00000280. The number of aliphatic imine (C=N–C) groups is 1. The van der Waals surface area contributed by atoms with Crippen molar-refractivity contribution < 1.29 is 0 Å². The van der Waals surface area contributed by atoms with E-state index < -0.39 is 0 Å². The molecule has 28 heavy (non-hydrogen) atoms. The van der Waals surface area contributed by atoms with Crippen LogP contribution in [0.3, 0.4) is 0 Å². The number of hydrogen-bond acceptors (Lipinski definition) is 4. The Morgan fingerprint density at radius 2 is 2.00 bits per heavy atom. The topological polar surface area (TPSA) is 55.8 Å². The predicted molar refractivity (Wildman–Crippen MR) is 129 cm³/mol. The van der Waals surface area contributed by atoms with Gasteiger partial charge in [-0.05, 0) is 31.5 Å². The average molecular weight is 494 g/mol. The van der Waals surface area contributed by atoms with Crippen molar-refractivity contribution in [1.29, 1.82) is 0 Å². The van der Waals surface area contributed by atoms with Crippen LogP contribution in [0.1, 0.15) is 17.5 Å². The van der Waals surface area contributed by atoms with Crippen LogP contribution in [0.15, 0.2) is 47.6 Å². The lowest BCUT2D eigenvalue weighted by Gasteiger charge is -2.21. The molecular weight excluding hydrogens is 463 g/mol. The van der Waals surface area contributed by atoms with Gasteiger partial charge in [0.05, 0.1) is 0 Å². The fourth-order valence-corrected chi connectivity index (χ4v) is 3.41. The number of hydrogen-bond donors (Lipinski definition) is 2. The molecule has 1 aromatic carbocycles. The van der Waals surface area contributed by atoms with E-state index in [1.54, 1.807) is 0 Å². The van der Waals surface area contributed by atoms with Crippen molar-refractivity contribution in [1.82, 2.24) is 15.6 Å². The summed E-state index contributed by atoms with van der Waals surface area (Å²) in [7, 11) is 5.84. The molecule has 0 aliphatic carbocycles. The lowest BCUT2D eigenvalue weighted by molar-refractivity contribution is 0.648. The number of rotatable bonds is 5. The van der Waals surface area contributed by atoms with E-state index in [2.05, 4.69) is 62.8 Å². The molecule has 152 valence electrons. The van der Waals surface area contributed by atoms with Crippen LogP contribution in [0.5, 0.6) is 0 Å². The second-order valence-electron chi connectivity index (χ2n) is 7.22. The van der Waals surface area contributed by atoms with Gasteiger partial charge < -0.3 is 20.4 Å². The van der Waals surface area contributed by atoms with Crippen LogP contribution in [0.2, 0.25) is 0 Å². The van der Waals surface area contributed by atoms with Crippen molar-refractivity contribution in [3.8, 4) is 0 Å². The molecule has 6 nitrogen and oxygen atoms in total. The number of anilines is 2. The summed E-state index contributed by atoms with van der Waals surface area (Å²) in [6.45, 7) is 4.86. The van der Waals surface area contributed by atoms with Crippen LogP contribution >= 0.6 is 24.0 Å². The second kappa shape index (κ2) is 10.5. The Morgan fingerprint density at radius 3 is 2.68 bits per heavy atom. The molecule has 1 aromatic heterocycles. The molecular formula is C21H31IN6. The minimum absolute atomic E-state index is 0. The van der Waals surface area contributed by atoms with Crippen molar-refractivity contribution in [3.63, 3.8) is 0 Å². The fourth-order valence-electron chi connectivity index (χ4n) is 3.41. The first-order valence-electron chi connectivity index (χ1n) is 9.47. The molecule has 0 spiro atoms. The summed E-state index contributed by atoms with van der Waals surface area (Å²) in [5.41, 5.74) is 3.74. The summed E-state index contributed by atoms with van der Waals surface area (Å²) in [4.78, 5) is 13.3. The first-order chi connectivity index (χ1) is 13.1. The molecule has 0 amide bonds. The van der Waals surface area contributed by atoms with Crippen molar-refractivity contribution in [2.75, 3.05) is 44.0 Å². The molecule has 1 atom stereocenters. The third kappa shape index (κ3) is 5.73. The van der Waals surface area contributed by atoms with Gasteiger partial charge in [0.25, 0.3) is 0 Å². The number of guanidine groups is 1. The summed E-state index contributed by atoms with van der Waals surface area (Å²) < 4.78 is 0. The number of nitrogens with one attached hydrogen (secondary N) is 2. The fraction of sp³-hybridized carbons (Fsp3) is 0.429. The van der Waals surface area contributed by atoms with Gasteiger partial charge in [0, 0.05) is 64.3 Å². The highest BCUT2D eigenvalue weighted by Crippen LogP contribution is 2.20. The number of nitrogens with zero attached hydrogens (tertiary/aromatic N) is 4. The number of halogens is 1. The van der Waals surface area contributed by atoms with Crippen LogP contribution in [0.25, 0.3) is 0 Å². The molecule has 7 heteroatoms. The SMILES string of the molecule is CN=C(NCc1cccnc1N(C)C)NC1CCN(c2ccc(C)cc2)C1.I. The number of pyridine rings is 1. The second-order valence-corrected chi connectivity index (χ2v) is 7.22. The first kappa shape index (κ1) is 22.3. The van der Waals surface area contributed by atoms with Gasteiger partial charge in [-0.1, -0.05) is 23.8 Å². The van der Waals surface area contributed by atoms with Gasteiger partial charge in [-0.15, -0.1) is 24.0 Å². The first-order valence-corrected chi connectivity index (χ1v) is 9.47. The monoisotopic (exact) mass is 494 g/mol. The minimum atomic E-state index is 0. The van der Waals surface area contributed by atoms with Crippen LogP contribution in [-0.2, 0) is 6.54 Å². The van der Waals surface area contributed by atoms with Gasteiger partial charge in [0.2, 0.25) is 0 Å². The van der Waals surface area contributed by atoms with E-state index in [4.69, 9.17) is 0 Å². The van der Waals surface area contributed by atoms with Gasteiger partial charge in [0.1, 0.15) is 5.82 Å². The molecule has 2 aromatic rings. The summed E-state index contributed by atoms with van der Waals surface area (Å²) >= 11 is 0. The predicted octanol–water partition coefficient (Wildman–Crippen LogP) is 3.02. The van der Waals surface area contributed by atoms with Crippen molar-refractivity contribution in [2.45, 2.75) is 25.9 Å². The third-order valence-corrected chi connectivity index (χ3v) is 4.89. The summed E-state index contributed by atoms with van der Waals surface area (Å²) in [5.74, 6) is 1.81. The van der Waals surface area contributed by atoms with E-state index in [1.165, 1.54) is 11.3 Å². The van der Waals surface area contributed by atoms with E-state index in [9.17, 15) is 0 Å². The van der Waals surface area contributed by atoms with Crippen LogP contribution in [-0.4, -0.2) is 51.2 Å². The van der Waals surface area contributed by atoms with Crippen LogP contribution in [0.4, 0.5) is 11.5 Å². The van der Waals surface area contributed by atoms with Gasteiger partial charge in [-0.25, -0.2) is 4.98 Å². The Morgan fingerprint density at radius 1 is 1.25 bits per heavy atom. The van der Waals surface area contributed by atoms with Crippen LogP contribution in [0, 0.1) is 6.92 Å². The number of aromatic nitrogens is 1. The molecule has 1 fully saturated rings. The zero-order valence-corrected chi connectivity index (χ0v) is 19.5. The normalized spacial score (nSPS) is 16.5. The van der Waals surface area contributed by atoms with Gasteiger partial charge in [0.15, 0.2) is 5.96 Å². The molecule has 2 N–H and O–H groups in total. The number of aryl methyl sites for hydroxylation is 1. The van der Waals surface area contributed by atoms with Gasteiger partial charge in [-0.3, -0.25) is 4.99 Å². The highest BCUT2D eigenvalue weighted by molar-refractivity contribution is 14.0. The largest absolute Gasteiger partial charge is 0.369 e. The Hall–Kier alpha value is -2.03. The van der Waals surface area contributed by atoms with E-state index in [0.717, 1.165) is 36.9 Å². The van der Waals surface area contributed by atoms with E-state index in [0.29, 0.717) is 12.6 Å². The summed E-state index contributed by atoms with van der Waals surface area (Å²) in [5, 5.41) is 6.98. The molecule has 1 unspecified atom stereocenters. The molecule has 2 heterocycles. The highest BCUT2D eigenvalue weighted by atomic mass is 127. The van der Waals surface area contributed by atoms with E-state index in [1.807, 2.05) is 38.3 Å². The Bertz CT molecular complexity index is 775. The maximum absolute atomic E-state index is 4.45. The van der Waals surface area contributed by atoms with E-state index >= 15 is 0 Å². The molecule has 1 aliphatic rings. The smallest absolute Gasteiger partial charge is 0.191 e. The molecule has 0 bridgehead atoms. The standard InChI is InChI=1S/C21H30N6.HI/c1-16-7-9-19(10-8-16)27-13-11-18(15-27)25-21(22-2)24-14-17-6-5-12-23-20(17)26(3)4;/h5-10,12,18H,11,13-15H2,1-4H3,(H2,22,24,25);1H. The van der Waals surface area contributed by atoms with Gasteiger partial charge >= 0.3 is 0 Å². The molecule has 1 aliphatic heterocycles. The lowest BCUT2D eigenvalue weighted by atomic mass is 10.2. The third-order valence-electron chi connectivity index (χ3n) is 4.89. The summed E-state index contributed by atoms with van der Waals surface area (Å²) in [6.07, 6.45) is 2.93. The highest BCUT2D eigenvalue weighted by Gasteiger charge is 2.23. The average Bonchev–Trinajstić information content (AvgIpc) is 3.14. The maximum atomic E-state index is 4.45. The maximum Gasteiger partial charge on any atom is 0.191 e. The van der Waals surface area contributed by atoms with Crippen molar-refractivity contribution >= 4 is 41.4 Å².